The summed E-state index contributed by atoms with van der Waals surface area (Å²) in [4.78, 5) is 0. The number of hydrogen-bond donors (Lipinski definition) is 0. The van der Waals surface area contributed by atoms with Gasteiger partial charge in [-0.1, -0.05) is 6.58 Å². The molecule has 2 saturated heterocycles. The van der Waals surface area contributed by atoms with Crippen LogP contribution in [-0.4, -0.2) is 27.2 Å². The first-order valence-corrected chi connectivity index (χ1v) is 5.32. The molecule has 0 bridgehead atoms. The molecule has 0 radical (unpaired) electrons. The van der Waals surface area contributed by atoms with Gasteiger partial charge in [0.1, 0.15) is 12.2 Å². The van der Waals surface area contributed by atoms with Crippen LogP contribution in [0.2, 0.25) is 0 Å². The summed E-state index contributed by atoms with van der Waals surface area (Å²) in [6.45, 7) is 3.69. The van der Waals surface area contributed by atoms with Crippen LogP contribution in [-0.2, 0) is 23.5 Å². The quantitative estimate of drug-likeness (QED) is 0.619. The molecule has 6 heteroatoms. The van der Waals surface area contributed by atoms with Crippen LogP contribution in [0.1, 0.15) is 12.8 Å². The molecule has 0 aromatic rings. The van der Waals surface area contributed by atoms with E-state index in [1.807, 2.05) is 0 Å². The highest BCUT2D eigenvalue weighted by atomic mass is 32.3. The Hall–Kier alpha value is -0.590. The molecule has 0 spiro atoms. The molecule has 13 heavy (non-hydrogen) atoms. The topological polar surface area (TPSA) is 61.8 Å². The van der Waals surface area contributed by atoms with E-state index in [-0.39, 0.29) is 12.7 Å². The lowest BCUT2D eigenvalue weighted by Crippen LogP contribution is -2.27. The smallest absolute Gasteiger partial charge is 0.400 e. The molecule has 2 unspecified atom stereocenters. The van der Waals surface area contributed by atoms with Crippen molar-refractivity contribution >= 4 is 10.4 Å². The van der Waals surface area contributed by atoms with E-state index in [0.29, 0.717) is 5.76 Å². The summed E-state index contributed by atoms with van der Waals surface area (Å²) in [5.41, 5.74) is 0. The van der Waals surface area contributed by atoms with Crippen LogP contribution >= 0.6 is 0 Å². The fourth-order valence-electron chi connectivity index (χ4n) is 1.42. The second kappa shape index (κ2) is 2.97. The van der Waals surface area contributed by atoms with Crippen molar-refractivity contribution in [2.75, 3.05) is 6.61 Å². The van der Waals surface area contributed by atoms with E-state index in [1.54, 1.807) is 0 Å². The number of ether oxygens (including phenoxy) is 1. The van der Waals surface area contributed by atoms with Crippen LogP contribution in [0, 0.1) is 0 Å². The Morgan fingerprint density at radius 2 is 2.15 bits per heavy atom. The zero-order chi connectivity index (χ0) is 9.47. The van der Waals surface area contributed by atoms with E-state index in [0.717, 1.165) is 12.8 Å². The molecule has 5 nitrogen and oxygen atoms in total. The predicted molar refractivity (Wildman–Crippen MR) is 43.0 cm³/mol. The highest BCUT2D eigenvalue weighted by Crippen LogP contribution is 2.28. The summed E-state index contributed by atoms with van der Waals surface area (Å²) in [7, 11) is -3.76. The van der Waals surface area contributed by atoms with Crippen LogP contribution in [0.25, 0.3) is 0 Å². The summed E-state index contributed by atoms with van der Waals surface area (Å²) >= 11 is 0. The third-order valence-electron chi connectivity index (χ3n) is 2.06. The van der Waals surface area contributed by atoms with Crippen molar-refractivity contribution in [1.82, 2.24) is 0 Å². The molecule has 0 aromatic heterocycles. The van der Waals surface area contributed by atoms with Crippen LogP contribution < -0.4 is 0 Å². The van der Waals surface area contributed by atoms with Crippen molar-refractivity contribution in [1.29, 1.82) is 0 Å². The molecule has 2 fully saturated rings. The molecule has 2 aliphatic heterocycles. The monoisotopic (exact) mass is 206 g/mol. The lowest BCUT2D eigenvalue weighted by Gasteiger charge is -2.13. The Bertz CT molecular complexity index is 320. The Morgan fingerprint density at radius 1 is 1.38 bits per heavy atom. The van der Waals surface area contributed by atoms with Crippen molar-refractivity contribution in [3.8, 4) is 0 Å². The SMILES string of the molecule is C=C1CCC(C2COS(=O)(=O)O2)O1. The first-order chi connectivity index (χ1) is 6.07. The molecule has 0 saturated carbocycles. The van der Waals surface area contributed by atoms with Crippen molar-refractivity contribution in [3.63, 3.8) is 0 Å². The molecular formula is C7H10O5S. The van der Waals surface area contributed by atoms with Crippen LogP contribution in [0.5, 0.6) is 0 Å². The van der Waals surface area contributed by atoms with E-state index < -0.39 is 16.5 Å². The number of rotatable bonds is 1. The van der Waals surface area contributed by atoms with Gasteiger partial charge in [0.05, 0.1) is 12.4 Å². The molecule has 0 aliphatic carbocycles. The predicted octanol–water partition coefficient (Wildman–Crippen LogP) is 0.339. The van der Waals surface area contributed by atoms with Crippen LogP contribution in [0.4, 0.5) is 0 Å². The van der Waals surface area contributed by atoms with Crippen molar-refractivity contribution in [3.05, 3.63) is 12.3 Å². The summed E-state index contributed by atoms with van der Waals surface area (Å²) < 4.78 is 35.9. The lowest BCUT2D eigenvalue weighted by atomic mass is 10.1. The van der Waals surface area contributed by atoms with Crippen molar-refractivity contribution in [2.24, 2.45) is 0 Å². The van der Waals surface area contributed by atoms with Gasteiger partial charge in [0.2, 0.25) is 0 Å². The average Bonchev–Trinajstić information content (AvgIpc) is 2.56. The minimum Gasteiger partial charge on any atom is -0.493 e. The maximum absolute atomic E-state index is 10.8. The van der Waals surface area contributed by atoms with Crippen molar-refractivity contribution < 1.29 is 21.5 Å². The van der Waals surface area contributed by atoms with Gasteiger partial charge in [0.25, 0.3) is 0 Å². The first kappa shape index (κ1) is 8.98. The molecular weight excluding hydrogens is 196 g/mol. The molecule has 0 N–H and O–H groups in total. The summed E-state index contributed by atoms with van der Waals surface area (Å²) in [6, 6.07) is 0. The normalized spacial score (nSPS) is 37.7. The fraction of sp³-hybridized carbons (Fsp3) is 0.714. The largest absolute Gasteiger partial charge is 0.493 e. The lowest BCUT2D eigenvalue weighted by molar-refractivity contribution is 0.0496. The highest BCUT2D eigenvalue weighted by Gasteiger charge is 2.39. The Balaban J connectivity index is 2.00. The molecule has 0 aromatic carbocycles. The van der Waals surface area contributed by atoms with Crippen LogP contribution in [0.15, 0.2) is 12.3 Å². The zero-order valence-corrected chi connectivity index (χ0v) is 7.75. The minimum atomic E-state index is -3.76. The van der Waals surface area contributed by atoms with Gasteiger partial charge in [-0.3, -0.25) is 0 Å². The third kappa shape index (κ3) is 1.84. The van der Waals surface area contributed by atoms with E-state index >= 15 is 0 Å². The highest BCUT2D eigenvalue weighted by molar-refractivity contribution is 7.82. The Morgan fingerprint density at radius 3 is 2.62 bits per heavy atom. The molecule has 2 rings (SSSR count). The van der Waals surface area contributed by atoms with E-state index in [2.05, 4.69) is 14.9 Å². The minimum absolute atomic E-state index is 0.0419. The molecule has 0 amide bonds. The summed E-state index contributed by atoms with van der Waals surface area (Å²) in [6.07, 6.45) is 0.751. The maximum atomic E-state index is 10.8. The Labute approximate surface area is 76.6 Å². The van der Waals surface area contributed by atoms with E-state index in [4.69, 9.17) is 4.74 Å². The fourth-order valence-corrected chi connectivity index (χ4v) is 2.26. The van der Waals surface area contributed by atoms with Gasteiger partial charge in [0, 0.05) is 6.42 Å². The second-order valence-electron chi connectivity index (χ2n) is 3.06. The number of allylic oxidation sites excluding steroid dienone is 1. The van der Waals surface area contributed by atoms with Gasteiger partial charge in [-0.05, 0) is 6.42 Å². The Kier molecular flexibility index (Phi) is 2.05. The number of hydrogen-bond acceptors (Lipinski definition) is 5. The van der Waals surface area contributed by atoms with Gasteiger partial charge in [-0.25, -0.2) is 8.37 Å². The molecule has 2 heterocycles. The third-order valence-corrected chi connectivity index (χ3v) is 2.97. The van der Waals surface area contributed by atoms with E-state index in [1.165, 1.54) is 0 Å². The zero-order valence-electron chi connectivity index (χ0n) is 6.93. The first-order valence-electron chi connectivity index (χ1n) is 3.99. The molecule has 2 atom stereocenters. The maximum Gasteiger partial charge on any atom is 0.400 e. The molecule has 74 valence electrons. The second-order valence-corrected chi connectivity index (χ2v) is 4.31. The van der Waals surface area contributed by atoms with Gasteiger partial charge in [-0.15, -0.1) is 0 Å². The van der Waals surface area contributed by atoms with Gasteiger partial charge in [0.15, 0.2) is 0 Å². The van der Waals surface area contributed by atoms with Gasteiger partial charge >= 0.3 is 10.4 Å². The molecule has 2 aliphatic rings. The van der Waals surface area contributed by atoms with Crippen LogP contribution in [0.3, 0.4) is 0 Å². The van der Waals surface area contributed by atoms with Gasteiger partial charge in [-0.2, -0.15) is 8.42 Å². The summed E-state index contributed by atoms with van der Waals surface area (Å²) in [5, 5.41) is 0. The van der Waals surface area contributed by atoms with E-state index in [9.17, 15) is 8.42 Å². The van der Waals surface area contributed by atoms with Gasteiger partial charge < -0.3 is 4.74 Å². The standard InChI is InChI=1S/C7H10O5S/c1-5-2-3-6(11-5)7-4-10-13(8,9)12-7/h6-7H,1-4H2. The van der Waals surface area contributed by atoms with Crippen molar-refractivity contribution in [2.45, 2.75) is 25.0 Å². The average molecular weight is 206 g/mol. The summed E-state index contributed by atoms with van der Waals surface area (Å²) in [5.74, 6) is 0.679.